The third-order valence-electron chi connectivity index (χ3n) is 7.77. The highest BCUT2D eigenvalue weighted by Gasteiger charge is 2.77. The Hall–Kier alpha value is -2.46. The van der Waals surface area contributed by atoms with Gasteiger partial charge in [-0.3, -0.25) is 14.4 Å². The van der Waals surface area contributed by atoms with Gasteiger partial charge in [-0.25, -0.2) is 0 Å². The largest absolute Gasteiger partial charge is 0.394 e. The molecule has 37 heavy (non-hydrogen) atoms. The Morgan fingerprint density at radius 3 is 2.46 bits per heavy atom. The van der Waals surface area contributed by atoms with Gasteiger partial charge in [0.1, 0.15) is 11.6 Å². The van der Waals surface area contributed by atoms with E-state index in [2.05, 4.69) is 26.6 Å². The molecular weight excluding hydrogens is 562 g/mol. The number of anilines is 2. The number of ether oxygens (including phenoxy) is 1. The standard InChI is InChI=1S/C27H29BrClN3O5/c1-14(2)19(13-33)32-23(25(35)31-18-11-7-6-10-17(18)29)27-12-16(28)22(37-27)20(21(27)26(32)36)24(34)30-15-8-4-3-5-9-15/h3-11,14,16,19-23,33H,12-13H2,1-2H3,(H,30,34)(H,31,35)/t16?,19-,20+,21-,22+,23?,27?/m0/s1. The number of carbonyl (C=O) groups excluding carboxylic acids is 3. The molecule has 3 fully saturated rings. The lowest BCUT2D eigenvalue weighted by atomic mass is 9.70. The van der Waals surface area contributed by atoms with Gasteiger partial charge in [0.05, 0.1) is 41.3 Å². The van der Waals surface area contributed by atoms with Gasteiger partial charge in [-0.1, -0.05) is 71.7 Å². The molecule has 0 saturated carbocycles. The van der Waals surface area contributed by atoms with Crippen LogP contribution in [0.5, 0.6) is 0 Å². The minimum atomic E-state index is -1.23. The summed E-state index contributed by atoms with van der Waals surface area (Å²) in [6.07, 6.45) is -0.210. The fraction of sp³-hybridized carbons (Fsp3) is 0.444. The van der Waals surface area contributed by atoms with E-state index in [1.54, 1.807) is 36.4 Å². The van der Waals surface area contributed by atoms with Crippen LogP contribution in [0.15, 0.2) is 54.6 Å². The van der Waals surface area contributed by atoms with Crippen molar-refractivity contribution < 1.29 is 24.2 Å². The van der Waals surface area contributed by atoms with E-state index in [0.29, 0.717) is 22.8 Å². The molecule has 5 rings (SSSR count). The van der Waals surface area contributed by atoms with Crippen molar-refractivity contribution in [3.8, 4) is 0 Å². The molecule has 2 aromatic carbocycles. The fourth-order valence-corrected chi connectivity index (χ4v) is 7.28. The normalized spacial score (nSPS) is 30.9. The second-order valence-electron chi connectivity index (χ2n) is 10.2. The van der Waals surface area contributed by atoms with Gasteiger partial charge in [0.2, 0.25) is 17.7 Å². The molecule has 10 heteroatoms. The molecule has 3 amide bonds. The van der Waals surface area contributed by atoms with E-state index in [1.165, 1.54) is 4.90 Å². The molecule has 0 aliphatic carbocycles. The smallest absolute Gasteiger partial charge is 0.250 e. The maximum atomic E-state index is 14.1. The number of rotatable bonds is 7. The third-order valence-corrected chi connectivity index (χ3v) is 8.94. The van der Waals surface area contributed by atoms with E-state index in [-0.39, 0.29) is 29.2 Å². The predicted molar refractivity (Wildman–Crippen MR) is 143 cm³/mol. The van der Waals surface area contributed by atoms with Gasteiger partial charge in [-0.2, -0.15) is 0 Å². The molecule has 196 valence electrons. The summed E-state index contributed by atoms with van der Waals surface area (Å²) in [7, 11) is 0. The average Bonchev–Trinajstić information content (AvgIpc) is 3.45. The van der Waals surface area contributed by atoms with Gasteiger partial charge in [0, 0.05) is 10.5 Å². The van der Waals surface area contributed by atoms with Gasteiger partial charge in [0.25, 0.3) is 0 Å². The number of hydrogen-bond acceptors (Lipinski definition) is 5. The van der Waals surface area contributed by atoms with Crippen LogP contribution in [-0.2, 0) is 19.1 Å². The topological polar surface area (TPSA) is 108 Å². The lowest BCUT2D eigenvalue weighted by Gasteiger charge is -2.38. The van der Waals surface area contributed by atoms with E-state index in [1.807, 2.05) is 32.0 Å². The number of nitrogens with one attached hydrogen (secondary N) is 2. The minimum Gasteiger partial charge on any atom is -0.394 e. The number of nitrogens with zero attached hydrogens (tertiary/aromatic N) is 1. The quantitative estimate of drug-likeness (QED) is 0.427. The van der Waals surface area contributed by atoms with Crippen molar-refractivity contribution in [2.24, 2.45) is 17.8 Å². The van der Waals surface area contributed by atoms with Crippen molar-refractivity contribution in [1.29, 1.82) is 0 Å². The fourth-order valence-electron chi connectivity index (χ4n) is 6.15. The van der Waals surface area contributed by atoms with Crippen molar-refractivity contribution in [2.75, 3.05) is 17.2 Å². The number of alkyl halides is 1. The second kappa shape index (κ2) is 10.0. The number of likely N-dealkylation sites (tertiary alicyclic amines) is 1. The van der Waals surface area contributed by atoms with Gasteiger partial charge in [0.15, 0.2) is 0 Å². The molecule has 7 atom stereocenters. The molecular formula is C27H29BrClN3O5. The van der Waals surface area contributed by atoms with E-state index in [4.69, 9.17) is 16.3 Å². The first kappa shape index (κ1) is 26.2. The van der Waals surface area contributed by atoms with Crippen LogP contribution in [0.1, 0.15) is 20.3 Å². The van der Waals surface area contributed by atoms with E-state index in [0.717, 1.165) is 0 Å². The zero-order valence-electron chi connectivity index (χ0n) is 20.4. The van der Waals surface area contributed by atoms with Crippen LogP contribution in [0.3, 0.4) is 0 Å². The monoisotopic (exact) mass is 589 g/mol. The number of amides is 3. The van der Waals surface area contributed by atoms with E-state index < -0.39 is 41.5 Å². The Morgan fingerprint density at radius 2 is 1.81 bits per heavy atom. The average molecular weight is 591 g/mol. The number of para-hydroxylation sites is 2. The predicted octanol–water partition coefficient (Wildman–Crippen LogP) is 3.68. The van der Waals surface area contributed by atoms with Crippen LogP contribution in [0.4, 0.5) is 11.4 Å². The van der Waals surface area contributed by atoms with Crippen LogP contribution in [-0.4, -0.2) is 63.0 Å². The summed E-state index contributed by atoms with van der Waals surface area (Å²) in [5, 5.41) is 16.4. The number of aliphatic hydroxyl groups is 1. The van der Waals surface area contributed by atoms with Crippen molar-refractivity contribution in [1.82, 2.24) is 4.90 Å². The van der Waals surface area contributed by atoms with Crippen LogP contribution < -0.4 is 10.6 Å². The summed E-state index contributed by atoms with van der Waals surface area (Å²) < 4.78 is 6.50. The first-order valence-electron chi connectivity index (χ1n) is 12.4. The number of aliphatic hydroxyl groups excluding tert-OH is 1. The Kier molecular flexibility index (Phi) is 7.08. The molecule has 3 N–H and O–H groups in total. The van der Waals surface area contributed by atoms with Crippen molar-refractivity contribution in [3.63, 3.8) is 0 Å². The first-order valence-corrected chi connectivity index (χ1v) is 13.6. The summed E-state index contributed by atoms with van der Waals surface area (Å²) in [4.78, 5) is 42.8. The Labute approximate surface area is 228 Å². The molecule has 2 bridgehead atoms. The van der Waals surface area contributed by atoms with E-state index in [9.17, 15) is 19.5 Å². The van der Waals surface area contributed by atoms with Gasteiger partial charge >= 0.3 is 0 Å². The Morgan fingerprint density at radius 1 is 1.14 bits per heavy atom. The number of fused-ring (bicyclic) bond motifs is 1. The Balaban J connectivity index is 1.55. The second-order valence-corrected chi connectivity index (χ2v) is 11.8. The maximum absolute atomic E-state index is 14.1. The number of carbonyl (C=O) groups is 3. The first-order chi connectivity index (χ1) is 17.7. The van der Waals surface area contributed by atoms with Gasteiger partial charge < -0.3 is 25.4 Å². The summed E-state index contributed by atoms with van der Waals surface area (Å²) in [6.45, 7) is 3.44. The van der Waals surface area contributed by atoms with Crippen LogP contribution in [0.2, 0.25) is 5.02 Å². The molecule has 0 radical (unpaired) electrons. The zero-order chi connectivity index (χ0) is 26.5. The van der Waals surface area contributed by atoms with Crippen LogP contribution in [0.25, 0.3) is 0 Å². The summed E-state index contributed by atoms with van der Waals surface area (Å²) in [5.74, 6) is -2.98. The SMILES string of the molecule is CC(C)[C@H](CO)N1C(=O)[C@@H]2[C@@H](C(=O)Nc3ccccc3)[C@@H]3OC2(CC3Br)C1C(=O)Nc1ccccc1Cl. The van der Waals surface area contributed by atoms with Gasteiger partial charge in [-0.15, -0.1) is 0 Å². The lowest BCUT2D eigenvalue weighted by Crippen LogP contribution is -2.57. The van der Waals surface area contributed by atoms with Gasteiger partial charge in [-0.05, 0) is 36.6 Å². The number of halogens is 2. The molecule has 0 aromatic heterocycles. The van der Waals surface area contributed by atoms with E-state index >= 15 is 0 Å². The molecule has 8 nitrogen and oxygen atoms in total. The molecule has 2 aromatic rings. The number of benzene rings is 2. The summed E-state index contributed by atoms with van der Waals surface area (Å²) in [5.41, 5.74) is -0.212. The Bertz CT molecular complexity index is 1210. The van der Waals surface area contributed by atoms with Crippen molar-refractivity contribution in [3.05, 3.63) is 59.6 Å². The zero-order valence-corrected chi connectivity index (χ0v) is 22.8. The van der Waals surface area contributed by atoms with Crippen LogP contribution in [0, 0.1) is 17.8 Å². The summed E-state index contributed by atoms with van der Waals surface area (Å²) >= 11 is 9.97. The molecule has 3 saturated heterocycles. The number of hydrogen-bond donors (Lipinski definition) is 3. The van der Waals surface area contributed by atoms with Crippen molar-refractivity contribution >= 4 is 56.6 Å². The molecule has 3 heterocycles. The lowest BCUT2D eigenvalue weighted by molar-refractivity contribution is -0.144. The molecule has 1 spiro atoms. The maximum Gasteiger partial charge on any atom is 0.250 e. The third kappa shape index (κ3) is 4.26. The van der Waals surface area contributed by atoms with Crippen molar-refractivity contribution in [2.45, 2.75) is 48.9 Å². The minimum absolute atomic E-state index is 0.145. The molecule has 3 aliphatic rings. The molecule has 3 unspecified atom stereocenters. The summed E-state index contributed by atoms with van der Waals surface area (Å²) in [6, 6.07) is 14.2. The highest BCUT2D eigenvalue weighted by molar-refractivity contribution is 9.09. The molecule has 3 aliphatic heterocycles. The highest BCUT2D eigenvalue weighted by Crippen LogP contribution is 2.60. The van der Waals surface area contributed by atoms with Crippen LogP contribution >= 0.6 is 27.5 Å². The highest BCUT2D eigenvalue weighted by atomic mass is 79.9.